The van der Waals surface area contributed by atoms with Gasteiger partial charge in [-0.25, -0.2) is 4.79 Å². The lowest BCUT2D eigenvalue weighted by atomic mass is 10.2. The number of benzene rings is 1. The summed E-state index contributed by atoms with van der Waals surface area (Å²) in [6, 6.07) is 7.62. The van der Waals surface area contributed by atoms with Gasteiger partial charge in [-0.3, -0.25) is 9.89 Å². The molecule has 6 nitrogen and oxygen atoms in total. The van der Waals surface area contributed by atoms with Crippen LogP contribution in [0.25, 0.3) is 0 Å². The number of rotatable bonds is 3. The normalized spacial score (nSPS) is 10.1. The van der Waals surface area contributed by atoms with E-state index in [1.807, 2.05) is 0 Å². The number of nitrogens with zero attached hydrogens (tertiary/aromatic N) is 1. The molecule has 0 bridgehead atoms. The molecule has 0 unspecified atom stereocenters. The zero-order chi connectivity index (χ0) is 13.1. The first-order valence-electron chi connectivity index (χ1n) is 4.92. The lowest BCUT2D eigenvalue weighted by molar-refractivity contribution is 0.0690. The SMILES string of the molecule is O=C(Nc1cc(C(=O)O)n[nH]1)c1cccc(Cl)c1. The second-order valence-corrected chi connectivity index (χ2v) is 3.87. The van der Waals surface area contributed by atoms with Crippen molar-refractivity contribution in [3.05, 3.63) is 46.6 Å². The van der Waals surface area contributed by atoms with Crippen LogP contribution in [0.3, 0.4) is 0 Å². The highest BCUT2D eigenvalue weighted by molar-refractivity contribution is 6.31. The molecule has 0 aliphatic rings. The maximum atomic E-state index is 11.8. The van der Waals surface area contributed by atoms with Crippen LogP contribution in [0.5, 0.6) is 0 Å². The van der Waals surface area contributed by atoms with Gasteiger partial charge in [-0.05, 0) is 18.2 Å². The van der Waals surface area contributed by atoms with Gasteiger partial charge in [0, 0.05) is 16.7 Å². The van der Waals surface area contributed by atoms with Gasteiger partial charge in [0.1, 0.15) is 5.82 Å². The number of nitrogens with one attached hydrogen (secondary N) is 2. The first kappa shape index (κ1) is 12.1. The van der Waals surface area contributed by atoms with Crippen LogP contribution in [-0.4, -0.2) is 27.2 Å². The van der Waals surface area contributed by atoms with Crippen LogP contribution in [-0.2, 0) is 0 Å². The second-order valence-electron chi connectivity index (χ2n) is 3.44. The van der Waals surface area contributed by atoms with Gasteiger partial charge in [0.2, 0.25) is 0 Å². The molecule has 0 saturated carbocycles. The van der Waals surface area contributed by atoms with Gasteiger partial charge in [-0.1, -0.05) is 17.7 Å². The molecule has 7 heteroatoms. The van der Waals surface area contributed by atoms with E-state index >= 15 is 0 Å². The van der Waals surface area contributed by atoms with Gasteiger partial charge >= 0.3 is 5.97 Å². The Bertz CT molecular complexity index is 609. The van der Waals surface area contributed by atoms with Gasteiger partial charge < -0.3 is 10.4 Å². The third-order valence-electron chi connectivity index (χ3n) is 2.13. The van der Waals surface area contributed by atoms with Crippen LogP contribution in [0.2, 0.25) is 5.02 Å². The molecule has 1 aromatic heterocycles. The van der Waals surface area contributed by atoms with E-state index in [4.69, 9.17) is 16.7 Å². The summed E-state index contributed by atoms with van der Waals surface area (Å²) in [5, 5.41) is 17.5. The van der Waals surface area contributed by atoms with Gasteiger partial charge in [-0.2, -0.15) is 5.10 Å². The molecule has 2 rings (SSSR count). The van der Waals surface area contributed by atoms with Crippen LogP contribution in [0.4, 0.5) is 5.82 Å². The van der Waals surface area contributed by atoms with E-state index in [9.17, 15) is 9.59 Å². The molecule has 0 atom stereocenters. The summed E-state index contributed by atoms with van der Waals surface area (Å²) < 4.78 is 0. The fraction of sp³-hybridized carbons (Fsp3) is 0. The van der Waals surface area contributed by atoms with Gasteiger partial charge in [0.15, 0.2) is 5.69 Å². The van der Waals surface area contributed by atoms with E-state index < -0.39 is 11.9 Å². The molecule has 18 heavy (non-hydrogen) atoms. The molecule has 0 spiro atoms. The number of carboxylic acid groups (broad SMARTS) is 1. The van der Waals surface area contributed by atoms with E-state index in [1.54, 1.807) is 18.2 Å². The van der Waals surface area contributed by atoms with E-state index in [1.165, 1.54) is 12.1 Å². The number of carbonyl (C=O) groups excluding carboxylic acids is 1. The molecule has 1 heterocycles. The number of amides is 1. The van der Waals surface area contributed by atoms with Crippen LogP contribution in [0, 0.1) is 0 Å². The van der Waals surface area contributed by atoms with E-state index in [2.05, 4.69) is 15.5 Å². The fourth-order valence-electron chi connectivity index (χ4n) is 1.32. The Morgan fingerprint density at radius 3 is 2.72 bits per heavy atom. The lowest BCUT2D eigenvalue weighted by Crippen LogP contribution is -2.11. The number of halogens is 1. The molecule has 3 N–H and O–H groups in total. The highest BCUT2D eigenvalue weighted by Crippen LogP contribution is 2.13. The van der Waals surface area contributed by atoms with Crippen LogP contribution in [0.15, 0.2) is 30.3 Å². The Kier molecular flexibility index (Phi) is 3.29. The average molecular weight is 266 g/mol. The molecule has 92 valence electrons. The molecular weight excluding hydrogens is 258 g/mol. The number of hydrogen-bond donors (Lipinski definition) is 3. The minimum atomic E-state index is -1.17. The van der Waals surface area contributed by atoms with Crippen molar-refractivity contribution in [3.63, 3.8) is 0 Å². The summed E-state index contributed by atoms with van der Waals surface area (Å²) >= 11 is 5.76. The molecule has 0 aliphatic carbocycles. The van der Waals surface area contributed by atoms with Crippen LogP contribution < -0.4 is 5.32 Å². The Morgan fingerprint density at radius 1 is 1.33 bits per heavy atom. The maximum Gasteiger partial charge on any atom is 0.356 e. The highest BCUT2D eigenvalue weighted by Gasteiger charge is 2.11. The van der Waals surface area contributed by atoms with Crippen molar-refractivity contribution in [2.45, 2.75) is 0 Å². The zero-order valence-electron chi connectivity index (χ0n) is 8.98. The van der Waals surface area contributed by atoms with Crippen molar-refractivity contribution < 1.29 is 14.7 Å². The largest absolute Gasteiger partial charge is 0.476 e. The molecule has 2 aromatic rings. The van der Waals surface area contributed by atoms with Gasteiger partial charge in [0.25, 0.3) is 5.91 Å². The lowest BCUT2D eigenvalue weighted by Gasteiger charge is -2.02. The molecule has 0 saturated heterocycles. The summed E-state index contributed by atoms with van der Waals surface area (Å²) in [4.78, 5) is 22.4. The molecule has 1 amide bonds. The maximum absolute atomic E-state index is 11.8. The van der Waals surface area contributed by atoms with E-state index in [0.29, 0.717) is 10.6 Å². The second kappa shape index (κ2) is 4.89. The van der Waals surface area contributed by atoms with Crippen molar-refractivity contribution in [1.29, 1.82) is 0 Å². The van der Waals surface area contributed by atoms with E-state index in [-0.39, 0.29) is 11.5 Å². The number of aromatic amines is 1. The molecule has 0 fully saturated rings. The summed E-state index contributed by atoms with van der Waals surface area (Å²) in [5.74, 6) is -1.37. The standard InChI is InChI=1S/C11H8ClN3O3/c12-7-3-1-2-6(4-7)10(16)13-9-5-8(11(17)18)14-15-9/h1-5H,(H,17,18)(H2,13,14,15,16). The molecule has 0 radical (unpaired) electrons. The zero-order valence-corrected chi connectivity index (χ0v) is 9.73. The number of carboxylic acids is 1. The van der Waals surface area contributed by atoms with Crippen molar-refractivity contribution in [1.82, 2.24) is 10.2 Å². The minimum Gasteiger partial charge on any atom is -0.476 e. The summed E-state index contributed by atoms with van der Waals surface area (Å²) in [6.07, 6.45) is 0. The Hall–Kier alpha value is -2.34. The Balaban J connectivity index is 2.13. The predicted octanol–water partition coefficient (Wildman–Crippen LogP) is 2.01. The Morgan fingerprint density at radius 2 is 2.11 bits per heavy atom. The van der Waals surface area contributed by atoms with Crippen molar-refractivity contribution >= 4 is 29.3 Å². The smallest absolute Gasteiger partial charge is 0.356 e. The summed E-state index contributed by atoms with van der Waals surface area (Å²) in [7, 11) is 0. The first-order chi connectivity index (χ1) is 8.56. The van der Waals surface area contributed by atoms with E-state index in [0.717, 1.165) is 0 Å². The van der Waals surface area contributed by atoms with Gasteiger partial charge in [0.05, 0.1) is 0 Å². The number of H-pyrrole nitrogens is 1. The number of anilines is 1. The van der Waals surface area contributed by atoms with Crippen molar-refractivity contribution in [2.75, 3.05) is 5.32 Å². The third-order valence-corrected chi connectivity index (χ3v) is 2.37. The van der Waals surface area contributed by atoms with Crippen LogP contribution in [0.1, 0.15) is 20.8 Å². The van der Waals surface area contributed by atoms with Gasteiger partial charge in [-0.15, -0.1) is 0 Å². The average Bonchev–Trinajstić information content (AvgIpc) is 2.77. The molecule has 1 aromatic carbocycles. The number of hydrogen-bond acceptors (Lipinski definition) is 3. The summed E-state index contributed by atoms with van der Waals surface area (Å²) in [5.41, 5.74) is 0.199. The molecular formula is C11H8ClN3O3. The number of aromatic nitrogens is 2. The molecule has 0 aliphatic heterocycles. The Labute approximate surface area is 107 Å². The topological polar surface area (TPSA) is 95.1 Å². The quantitative estimate of drug-likeness (QED) is 0.791. The predicted molar refractivity (Wildman–Crippen MR) is 65.0 cm³/mol. The summed E-state index contributed by atoms with van der Waals surface area (Å²) in [6.45, 7) is 0. The highest BCUT2D eigenvalue weighted by atomic mass is 35.5. The fourth-order valence-corrected chi connectivity index (χ4v) is 1.51. The third kappa shape index (κ3) is 2.67. The number of aromatic carboxylic acids is 1. The first-order valence-corrected chi connectivity index (χ1v) is 5.29. The number of carbonyl (C=O) groups is 2. The van der Waals surface area contributed by atoms with Crippen LogP contribution >= 0.6 is 11.6 Å². The monoisotopic (exact) mass is 265 g/mol. The van der Waals surface area contributed by atoms with Crippen molar-refractivity contribution in [2.24, 2.45) is 0 Å². The minimum absolute atomic E-state index is 0.170. The van der Waals surface area contributed by atoms with Crippen molar-refractivity contribution in [3.8, 4) is 0 Å².